The highest BCUT2D eigenvalue weighted by molar-refractivity contribution is 6.28. The minimum absolute atomic E-state index is 0.0470. The lowest BCUT2D eigenvalue weighted by atomic mass is 9.93. The highest BCUT2D eigenvalue weighted by Crippen LogP contribution is 2.33. The fourth-order valence-corrected chi connectivity index (χ4v) is 4.08. The second-order valence-corrected chi connectivity index (χ2v) is 7.95. The zero-order chi connectivity index (χ0) is 22.0. The fourth-order valence-electron chi connectivity index (χ4n) is 3.95. The predicted molar refractivity (Wildman–Crippen MR) is 112 cm³/mol. The first-order chi connectivity index (χ1) is 15.0. The van der Waals surface area contributed by atoms with E-state index in [0.29, 0.717) is 18.6 Å². The van der Waals surface area contributed by atoms with Gasteiger partial charge in [-0.15, -0.1) is 5.10 Å². The van der Waals surface area contributed by atoms with Crippen LogP contribution in [0.1, 0.15) is 43.8 Å². The number of methoxy groups -OCH3 is 1. The predicted octanol–water partition coefficient (Wildman–Crippen LogP) is 3.49. The van der Waals surface area contributed by atoms with Crippen molar-refractivity contribution in [3.63, 3.8) is 0 Å². The van der Waals surface area contributed by atoms with Gasteiger partial charge in [0.1, 0.15) is 6.20 Å². The first-order valence-electron chi connectivity index (χ1n) is 10.2. The van der Waals surface area contributed by atoms with E-state index in [4.69, 9.17) is 21.1 Å². The second-order valence-electron chi connectivity index (χ2n) is 7.61. The Morgan fingerprint density at radius 2 is 2.06 bits per heavy atom. The van der Waals surface area contributed by atoms with Gasteiger partial charge in [-0.1, -0.05) is 0 Å². The van der Waals surface area contributed by atoms with Gasteiger partial charge in [-0.3, -0.25) is 14.8 Å². The number of aromatic nitrogens is 6. The van der Waals surface area contributed by atoms with Gasteiger partial charge in [0.25, 0.3) is 0 Å². The third-order valence-corrected chi connectivity index (χ3v) is 5.81. The monoisotopic (exact) mass is 449 g/mol. The number of rotatable bonds is 8. The Hall–Kier alpha value is -2.79. The normalized spacial score (nSPS) is 19.1. The SMILES string of the molecule is COC1CCC(n2cc([N+](=O)[O-])c(OCCCn3nc(C)c4cnc(Cl)nc43)n2)CC1. The molecule has 0 amide bonds. The third-order valence-electron chi connectivity index (χ3n) is 5.63. The van der Waals surface area contributed by atoms with Crippen molar-refractivity contribution in [1.29, 1.82) is 0 Å². The Morgan fingerprint density at radius 1 is 1.29 bits per heavy atom. The maximum atomic E-state index is 11.5. The van der Waals surface area contributed by atoms with Crippen molar-refractivity contribution >= 4 is 28.3 Å². The molecule has 0 bridgehead atoms. The van der Waals surface area contributed by atoms with Crippen molar-refractivity contribution < 1.29 is 14.4 Å². The van der Waals surface area contributed by atoms with Gasteiger partial charge in [0.05, 0.1) is 34.8 Å². The minimum Gasteiger partial charge on any atom is -0.472 e. The highest BCUT2D eigenvalue weighted by Gasteiger charge is 2.28. The molecular formula is C19H24ClN7O4. The average molecular weight is 450 g/mol. The molecule has 166 valence electrons. The summed E-state index contributed by atoms with van der Waals surface area (Å²) in [6, 6.07) is 0.116. The summed E-state index contributed by atoms with van der Waals surface area (Å²) in [4.78, 5) is 19.2. The number of nitrogens with zero attached hydrogens (tertiary/aromatic N) is 7. The van der Waals surface area contributed by atoms with Gasteiger partial charge in [0.2, 0.25) is 5.28 Å². The summed E-state index contributed by atoms with van der Waals surface area (Å²) in [5.41, 5.74) is 1.35. The molecule has 0 unspecified atom stereocenters. The maximum absolute atomic E-state index is 11.5. The molecule has 1 saturated carbocycles. The quantitative estimate of drug-likeness (QED) is 0.221. The first-order valence-corrected chi connectivity index (χ1v) is 10.6. The molecule has 3 aromatic rings. The lowest BCUT2D eigenvalue weighted by Crippen LogP contribution is -2.23. The summed E-state index contributed by atoms with van der Waals surface area (Å²) < 4.78 is 14.5. The summed E-state index contributed by atoms with van der Waals surface area (Å²) in [6.45, 7) is 2.66. The van der Waals surface area contributed by atoms with E-state index >= 15 is 0 Å². The molecule has 1 fully saturated rings. The number of hydrogen-bond donors (Lipinski definition) is 0. The van der Waals surface area contributed by atoms with Gasteiger partial charge in [0.15, 0.2) is 5.65 Å². The van der Waals surface area contributed by atoms with E-state index in [1.807, 2.05) is 6.92 Å². The van der Waals surface area contributed by atoms with Gasteiger partial charge in [-0.2, -0.15) is 10.1 Å². The van der Waals surface area contributed by atoms with Crippen LogP contribution >= 0.6 is 11.6 Å². The van der Waals surface area contributed by atoms with Gasteiger partial charge >= 0.3 is 11.6 Å². The number of ether oxygens (including phenoxy) is 2. The lowest BCUT2D eigenvalue weighted by Gasteiger charge is -2.27. The van der Waals surface area contributed by atoms with Crippen LogP contribution in [0, 0.1) is 17.0 Å². The van der Waals surface area contributed by atoms with Crippen molar-refractivity contribution in [3.05, 3.63) is 33.5 Å². The fraction of sp³-hybridized carbons (Fsp3) is 0.579. The maximum Gasteiger partial charge on any atom is 0.350 e. The number of hydrogen-bond acceptors (Lipinski definition) is 8. The van der Waals surface area contributed by atoms with Crippen LogP contribution in [0.2, 0.25) is 5.28 Å². The summed E-state index contributed by atoms with van der Waals surface area (Å²) in [5.74, 6) is 0.0470. The average Bonchev–Trinajstić information content (AvgIpc) is 3.32. The molecular weight excluding hydrogens is 426 g/mol. The molecule has 1 aliphatic carbocycles. The van der Waals surface area contributed by atoms with E-state index < -0.39 is 4.92 Å². The first kappa shape index (κ1) is 21.4. The topological polar surface area (TPSA) is 123 Å². The van der Waals surface area contributed by atoms with E-state index in [1.165, 1.54) is 6.20 Å². The molecule has 31 heavy (non-hydrogen) atoms. The molecule has 0 atom stereocenters. The Labute approximate surface area is 183 Å². The molecule has 0 aromatic carbocycles. The van der Waals surface area contributed by atoms with Crippen molar-refractivity contribution in [2.45, 2.75) is 57.7 Å². The zero-order valence-electron chi connectivity index (χ0n) is 17.4. The van der Waals surface area contributed by atoms with Crippen LogP contribution in [0.15, 0.2) is 12.4 Å². The molecule has 0 N–H and O–H groups in total. The van der Waals surface area contributed by atoms with Gasteiger partial charge < -0.3 is 9.47 Å². The van der Waals surface area contributed by atoms with E-state index in [9.17, 15) is 10.1 Å². The third kappa shape index (κ3) is 4.62. The molecule has 0 aliphatic heterocycles. The van der Waals surface area contributed by atoms with E-state index in [0.717, 1.165) is 36.8 Å². The molecule has 3 heterocycles. The Kier molecular flexibility index (Phi) is 6.33. The van der Waals surface area contributed by atoms with Crippen LogP contribution in [0.4, 0.5) is 5.69 Å². The molecule has 12 heteroatoms. The highest BCUT2D eigenvalue weighted by atomic mass is 35.5. The molecule has 3 aromatic heterocycles. The number of aryl methyl sites for hydroxylation is 2. The Bertz CT molecular complexity index is 1070. The van der Waals surface area contributed by atoms with E-state index in [2.05, 4.69) is 20.2 Å². The number of fused-ring (bicyclic) bond motifs is 1. The van der Waals surface area contributed by atoms with Gasteiger partial charge in [-0.25, -0.2) is 9.67 Å². The molecule has 4 rings (SSSR count). The van der Waals surface area contributed by atoms with Crippen LogP contribution in [0.5, 0.6) is 5.88 Å². The molecule has 0 radical (unpaired) electrons. The smallest absolute Gasteiger partial charge is 0.350 e. The van der Waals surface area contributed by atoms with Crippen LogP contribution in [0.3, 0.4) is 0 Å². The molecule has 1 aliphatic rings. The standard InChI is InChI=1S/C19H24ClN7O4/c1-12-15-10-21-19(20)22-17(15)25(23-12)8-3-9-31-18-16(27(28)29)11-26(24-18)13-4-6-14(30-2)7-5-13/h10-11,13-14H,3-9H2,1-2H3. The summed E-state index contributed by atoms with van der Waals surface area (Å²) in [6.07, 6.45) is 7.50. The molecule has 0 saturated heterocycles. The van der Waals surface area contributed by atoms with Crippen LogP contribution < -0.4 is 4.74 Å². The van der Waals surface area contributed by atoms with Crippen molar-refractivity contribution in [1.82, 2.24) is 29.5 Å². The van der Waals surface area contributed by atoms with Crippen LogP contribution in [-0.2, 0) is 11.3 Å². The molecule has 11 nitrogen and oxygen atoms in total. The van der Waals surface area contributed by atoms with E-state index in [1.54, 1.807) is 22.7 Å². The van der Waals surface area contributed by atoms with Crippen molar-refractivity contribution in [2.75, 3.05) is 13.7 Å². The summed E-state index contributed by atoms with van der Waals surface area (Å²) >= 11 is 5.90. The van der Waals surface area contributed by atoms with Crippen LogP contribution in [-0.4, -0.2) is 54.3 Å². The lowest BCUT2D eigenvalue weighted by molar-refractivity contribution is -0.386. The Balaban J connectivity index is 1.39. The Morgan fingerprint density at radius 3 is 2.77 bits per heavy atom. The zero-order valence-corrected chi connectivity index (χ0v) is 18.2. The minimum atomic E-state index is -0.455. The van der Waals surface area contributed by atoms with Gasteiger partial charge in [-0.05, 0) is 44.2 Å². The number of nitro groups is 1. The molecule has 0 spiro atoms. The second kappa shape index (κ2) is 9.15. The van der Waals surface area contributed by atoms with Gasteiger partial charge in [0, 0.05) is 26.3 Å². The largest absolute Gasteiger partial charge is 0.472 e. The van der Waals surface area contributed by atoms with Crippen molar-refractivity contribution in [3.8, 4) is 5.88 Å². The van der Waals surface area contributed by atoms with Crippen molar-refractivity contribution in [2.24, 2.45) is 0 Å². The number of halogens is 1. The summed E-state index contributed by atoms with van der Waals surface area (Å²) in [7, 11) is 1.71. The van der Waals surface area contributed by atoms with E-state index in [-0.39, 0.29) is 35.6 Å². The van der Waals surface area contributed by atoms with Crippen LogP contribution in [0.25, 0.3) is 11.0 Å². The summed E-state index contributed by atoms with van der Waals surface area (Å²) in [5, 5.41) is 21.3.